The Hall–Kier alpha value is -3.65. The largest absolute Gasteiger partial charge is 0.388 e. The summed E-state index contributed by atoms with van der Waals surface area (Å²) in [5.74, 6) is -0.317. The van der Waals surface area contributed by atoms with Gasteiger partial charge in [-0.05, 0) is 37.1 Å². The summed E-state index contributed by atoms with van der Waals surface area (Å²) in [7, 11) is 1.71. The predicted octanol–water partition coefficient (Wildman–Crippen LogP) is 5.18. The molecule has 4 aromatic rings. The summed E-state index contributed by atoms with van der Waals surface area (Å²) in [6.07, 6.45) is 4.91. The van der Waals surface area contributed by atoms with Gasteiger partial charge in [0.05, 0.1) is 22.5 Å². The third-order valence-corrected chi connectivity index (χ3v) is 6.47. The summed E-state index contributed by atoms with van der Waals surface area (Å²) in [5.41, 5.74) is 3.31. The number of rotatable bonds is 5. The van der Waals surface area contributed by atoms with Crippen LogP contribution in [0.2, 0.25) is 5.02 Å². The first kappa shape index (κ1) is 22.2. The standard InChI is InChI=1S/C25H24ClFN6O/c1-28-16-6-7-18(21(27)12-16)24(34)33-10-8-15(9-11-33)31-25-30-14-20(26)23(32-25)19-13-29-22-5-3-2-4-17(19)22/h2-7,12-15,28-29H,8-11H2,1H3,(H,30,31,32). The van der Waals surface area contributed by atoms with E-state index < -0.39 is 5.82 Å². The highest BCUT2D eigenvalue weighted by Crippen LogP contribution is 2.32. The third-order valence-electron chi connectivity index (χ3n) is 6.19. The second-order valence-corrected chi connectivity index (χ2v) is 8.70. The lowest BCUT2D eigenvalue weighted by Crippen LogP contribution is -2.42. The molecule has 3 N–H and O–H groups in total. The molecule has 1 amide bonds. The summed E-state index contributed by atoms with van der Waals surface area (Å²) in [6, 6.07) is 12.6. The quantitative estimate of drug-likeness (QED) is 0.368. The molecule has 3 heterocycles. The van der Waals surface area contributed by atoms with Crippen LogP contribution in [0.1, 0.15) is 23.2 Å². The Labute approximate surface area is 201 Å². The first-order chi connectivity index (χ1) is 16.5. The second-order valence-electron chi connectivity index (χ2n) is 8.29. The highest BCUT2D eigenvalue weighted by molar-refractivity contribution is 6.33. The van der Waals surface area contributed by atoms with Gasteiger partial charge in [0.25, 0.3) is 5.91 Å². The fourth-order valence-corrected chi connectivity index (χ4v) is 4.51. The number of para-hydroxylation sites is 1. The van der Waals surface area contributed by atoms with E-state index in [2.05, 4.69) is 25.6 Å². The molecule has 174 valence electrons. The van der Waals surface area contributed by atoms with Gasteiger partial charge in [0.1, 0.15) is 5.82 Å². The summed E-state index contributed by atoms with van der Waals surface area (Å²) in [5, 5.41) is 7.76. The first-order valence-corrected chi connectivity index (χ1v) is 11.5. The summed E-state index contributed by atoms with van der Waals surface area (Å²) < 4.78 is 14.4. The van der Waals surface area contributed by atoms with Gasteiger partial charge in [0.15, 0.2) is 0 Å². The zero-order valence-electron chi connectivity index (χ0n) is 18.6. The Balaban J connectivity index is 1.26. The minimum Gasteiger partial charge on any atom is -0.388 e. The number of hydrogen-bond donors (Lipinski definition) is 3. The zero-order chi connectivity index (χ0) is 23.7. The number of nitrogens with one attached hydrogen (secondary N) is 3. The Kier molecular flexibility index (Phi) is 6.06. The molecule has 0 aliphatic carbocycles. The van der Waals surface area contributed by atoms with Gasteiger partial charge in [-0.3, -0.25) is 4.79 Å². The Morgan fingerprint density at radius 2 is 2.00 bits per heavy atom. The van der Waals surface area contributed by atoms with Crippen LogP contribution < -0.4 is 10.6 Å². The van der Waals surface area contributed by atoms with Gasteiger partial charge in [0, 0.05) is 54.5 Å². The van der Waals surface area contributed by atoms with Crippen molar-refractivity contribution in [2.75, 3.05) is 30.8 Å². The molecular weight excluding hydrogens is 455 g/mol. The van der Waals surface area contributed by atoms with Crippen LogP contribution in [-0.2, 0) is 0 Å². The van der Waals surface area contributed by atoms with Gasteiger partial charge in [-0.1, -0.05) is 29.8 Å². The average Bonchev–Trinajstić information content (AvgIpc) is 3.29. The summed E-state index contributed by atoms with van der Waals surface area (Å²) in [6.45, 7) is 1.04. The molecule has 1 saturated heterocycles. The summed E-state index contributed by atoms with van der Waals surface area (Å²) in [4.78, 5) is 26.8. The number of nitrogens with zero attached hydrogens (tertiary/aromatic N) is 3. The fraction of sp³-hybridized carbons (Fsp3) is 0.240. The predicted molar refractivity (Wildman–Crippen MR) is 133 cm³/mol. The van der Waals surface area contributed by atoms with E-state index in [0.717, 1.165) is 16.5 Å². The molecule has 0 atom stereocenters. The number of H-pyrrole nitrogens is 1. The van der Waals surface area contributed by atoms with E-state index in [1.54, 1.807) is 24.2 Å². The molecule has 9 heteroatoms. The number of aromatic nitrogens is 3. The van der Waals surface area contributed by atoms with Crippen LogP contribution in [0.4, 0.5) is 16.0 Å². The van der Waals surface area contributed by atoms with E-state index in [1.165, 1.54) is 12.1 Å². The van der Waals surface area contributed by atoms with Gasteiger partial charge >= 0.3 is 0 Å². The lowest BCUT2D eigenvalue weighted by Gasteiger charge is -2.32. The van der Waals surface area contributed by atoms with Crippen molar-refractivity contribution in [3.63, 3.8) is 0 Å². The number of piperidine rings is 1. The molecule has 0 spiro atoms. The number of amides is 1. The topological polar surface area (TPSA) is 85.9 Å². The van der Waals surface area contributed by atoms with Crippen LogP contribution in [0.3, 0.4) is 0 Å². The van der Waals surface area contributed by atoms with Crippen molar-refractivity contribution in [3.05, 3.63) is 71.3 Å². The molecule has 5 rings (SSSR count). The van der Waals surface area contributed by atoms with Crippen molar-refractivity contribution in [1.82, 2.24) is 19.9 Å². The summed E-state index contributed by atoms with van der Waals surface area (Å²) >= 11 is 6.43. The Bertz CT molecular complexity index is 1350. The Morgan fingerprint density at radius 3 is 2.76 bits per heavy atom. The second kappa shape index (κ2) is 9.30. The van der Waals surface area contributed by atoms with E-state index in [0.29, 0.717) is 48.3 Å². The van der Waals surface area contributed by atoms with Crippen LogP contribution in [0.5, 0.6) is 0 Å². The van der Waals surface area contributed by atoms with E-state index in [-0.39, 0.29) is 17.5 Å². The minimum absolute atomic E-state index is 0.0924. The van der Waals surface area contributed by atoms with Crippen LogP contribution in [-0.4, -0.2) is 51.9 Å². The van der Waals surface area contributed by atoms with Crippen molar-refractivity contribution < 1.29 is 9.18 Å². The number of halogens is 2. The fourth-order valence-electron chi connectivity index (χ4n) is 4.32. The highest BCUT2D eigenvalue weighted by Gasteiger charge is 2.26. The Morgan fingerprint density at radius 1 is 1.21 bits per heavy atom. The lowest BCUT2D eigenvalue weighted by atomic mass is 10.0. The van der Waals surface area contributed by atoms with Gasteiger partial charge in [-0.2, -0.15) is 0 Å². The lowest BCUT2D eigenvalue weighted by molar-refractivity contribution is 0.0713. The van der Waals surface area contributed by atoms with Crippen LogP contribution >= 0.6 is 11.6 Å². The van der Waals surface area contributed by atoms with E-state index in [9.17, 15) is 9.18 Å². The maximum atomic E-state index is 14.4. The number of aromatic amines is 1. The monoisotopic (exact) mass is 478 g/mol. The number of carbonyl (C=O) groups excluding carboxylic acids is 1. The highest BCUT2D eigenvalue weighted by atomic mass is 35.5. The van der Waals surface area contributed by atoms with Crippen molar-refractivity contribution in [1.29, 1.82) is 0 Å². The molecule has 7 nitrogen and oxygen atoms in total. The number of carbonyl (C=O) groups is 1. The maximum Gasteiger partial charge on any atom is 0.256 e. The molecule has 0 bridgehead atoms. The normalized spacial score (nSPS) is 14.4. The van der Waals surface area contributed by atoms with Gasteiger partial charge in [-0.25, -0.2) is 14.4 Å². The number of benzene rings is 2. The van der Waals surface area contributed by atoms with Crippen LogP contribution in [0.15, 0.2) is 54.9 Å². The molecular formula is C25H24ClFN6O. The van der Waals surface area contributed by atoms with Gasteiger partial charge in [-0.15, -0.1) is 0 Å². The van der Waals surface area contributed by atoms with Crippen molar-refractivity contribution >= 4 is 40.0 Å². The van der Waals surface area contributed by atoms with Crippen molar-refractivity contribution in [3.8, 4) is 11.3 Å². The average molecular weight is 479 g/mol. The molecule has 0 saturated carbocycles. The van der Waals surface area contributed by atoms with Gasteiger partial charge in [0.2, 0.25) is 5.95 Å². The van der Waals surface area contributed by atoms with Crippen molar-refractivity contribution in [2.45, 2.75) is 18.9 Å². The smallest absolute Gasteiger partial charge is 0.256 e. The molecule has 1 fully saturated rings. The number of anilines is 2. The van der Waals surface area contributed by atoms with E-state index in [4.69, 9.17) is 11.6 Å². The van der Waals surface area contributed by atoms with Crippen LogP contribution in [0, 0.1) is 5.82 Å². The number of likely N-dealkylation sites (tertiary alicyclic amines) is 1. The number of hydrogen-bond acceptors (Lipinski definition) is 5. The molecule has 34 heavy (non-hydrogen) atoms. The first-order valence-electron chi connectivity index (χ1n) is 11.2. The van der Waals surface area contributed by atoms with Gasteiger partial charge < -0.3 is 20.5 Å². The molecule has 0 unspecified atom stereocenters. The maximum absolute atomic E-state index is 14.4. The van der Waals surface area contributed by atoms with E-state index >= 15 is 0 Å². The third kappa shape index (κ3) is 4.28. The molecule has 2 aromatic carbocycles. The van der Waals surface area contributed by atoms with E-state index in [1.807, 2.05) is 30.5 Å². The minimum atomic E-state index is -0.517. The molecule has 1 aliphatic heterocycles. The SMILES string of the molecule is CNc1ccc(C(=O)N2CCC(Nc3ncc(Cl)c(-c4c[nH]c5ccccc45)n3)CC2)c(F)c1. The van der Waals surface area contributed by atoms with Crippen LogP contribution in [0.25, 0.3) is 22.2 Å². The van der Waals surface area contributed by atoms with Crippen molar-refractivity contribution in [2.24, 2.45) is 0 Å². The number of fused-ring (bicyclic) bond motifs is 1. The molecule has 1 aliphatic rings. The molecule has 2 aromatic heterocycles. The zero-order valence-corrected chi connectivity index (χ0v) is 19.4. The molecule has 0 radical (unpaired) electrons.